The molecule has 136 valence electrons. The Labute approximate surface area is 152 Å². The number of aryl methyl sites for hydroxylation is 1. The van der Waals surface area contributed by atoms with E-state index in [9.17, 15) is 9.90 Å². The maximum Gasteiger partial charge on any atom is 0.338 e. The Morgan fingerprint density at radius 3 is 2.64 bits per heavy atom. The van der Waals surface area contributed by atoms with E-state index in [2.05, 4.69) is 16.1 Å². The highest BCUT2D eigenvalue weighted by Gasteiger charge is 2.22. The van der Waals surface area contributed by atoms with Crippen molar-refractivity contribution in [2.24, 2.45) is 0 Å². The van der Waals surface area contributed by atoms with Crippen molar-refractivity contribution in [1.82, 2.24) is 9.13 Å². The SMILES string of the molecule is CCOC(=O)c1ccc2c(c1)n(C[NH+]1CCC(O)CC1)c(=S)n2CC. The van der Waals surface area contributed by atoms with Gasteiger partial charge in [0.05, 0.1) is 42.4 Å². The number of rotatable bonds is 5. The molecular formula is C18H26N3O3S+. The number of hydrogen-bond donors (Lipinski definition) is 2. The van der Waals surface area contributed by atoms with Crippen LogP contribution >= 0.6 is 12.2 Å². The van der Waals surface area contributed by atoms with Gasteiger partial charge in [0.15, 0.2) is 11.4 Å². The summed E-state index contributed by atoms with van der Waals surface area (Å²) in [7, 11) is 0. The molecule has 0 aliphatic carbocycles. The van der Waals surface area contributed by atoms with Gasteiger partial charge in [-0.25, -0.2) is 4.79 Å². The van der Waals surface area contributed by atoms with E-state index in [4.69, 9.17) is 17.0 Å². The van der Waals surface area contributed by atoms with Crippen molar-refractivity contribution in [3.05, 3.63) is 28.5 Å². The molecule has 2 heterocycles. The number of fused-ring (bicyclic) bond motifs is 1. The molecule has 1 aliphatic rings. The number of carbonyl (C=O) groups excluding carboxylic acids is 1. The van der Waals surface area contributed by atoms with Crippen LogP contribution in [0.15, 0.2) is 18.2 Å². The number of ether oxygens (including phenoxy) is 1. The molecule has 0 amide bonds. The summed E-state index contributed by atoms with van der Waals surface area (Å²) in [6.07, 6.45) is 1.47. The summed E-state index contributed by atoms with van der Waals surface area (Å²) < 4.78 is 10.1. The minimum atomic E-state index is -0.306. The average Bonchev–Trinajstić information content (AvgIpc) is 2.88. The van der Waals surface area contributed by atoms with Crippen LogP contribution in [-0.4, -0.2) is 46.0 Å². The van der Waals surface area contributed by atoms with E-state index in [1.807, 2.05) is 12.1 Å². The molecule has 3 rings (SSSR count). The zero-order chi connectivity index (χ0) is 18.0. The molecule has 25 heavy (non-hydrogen) atoms. The lowest BCUT2D eigenvalue weighted by Crippen LogP contribution is -3.12. The lowest BCUT2D eigenvalue weighted by Gasteiger charge is -2.27. The highest BCUT2D eigenvalue weighted by atomic mass is 32.1. The number of piperidine rings is 1. The molecule has 2 aromatic rings. The Morgan fingerprint density at radius 2 is 2.00 bits per heavy atom. The third-order valence-electron chi connectivity index (χ3n) is 4.89. The van der Waals surface area contributed by atoms with Gasteiger partial charge in [-0.3, -0.25) is 4.57 Å². The standard InChI is InChI=1S/C18H25N3O3S/c1-3-20-15-6-5-13(17(23)24-4-2)11-16(15)21(18(20)25)12-19-9-7-14(22)8-10-19/h5-6,11,14,22H,3-4,7-10,12H2,1-2H3/p+1. The topological polar surface area (TPSA) is 60.8 Å². The minimum absolute atomic E-state index is 0.177. The first-order valence-electron chi connectivity index (χ1n) is 8.97. The number of imidazole rings is 1. The first-order chi connectivity index (χ1) is 12.0. The van der Waals surface area contributed by atoms with Gasteiger partial charge in [-0.15, -0.1) is 0 Å². The normalized spacial score (nSPS) is 20.8. The number of quaternary nitrogens is 1. The molecule has 0 bridgehead atoms. The lowest BCUT2D eigenvalue weighted by molar-refractivity contribution is -0.928. The third-order valence-corrected chi connectivity index (χ3v) is 5.33. The fourth-order valence-corrected chi connectivity index (χ4v) is 3.90. The van der Waals surface area contributed by atoms with Crippen LogP contribution in [-0.2, 0) is 18.0 Å². The van der Waals surface area contributed by atoms with Crippen LogP contribution in [0.3, 0.4) is 0 Å². The second kappa shape index (κ2) is 7.68. The molecule has 1 aromatic heterocycles. The Kier molecular flexibility index (Phi) is 5.56. The number of aliphatic hydroxyl groups excluding tert-OH is 1. The molecule has 7 heteroatoms. The smallest absolute Gasteiger partial charge is 0.338 e. The highest BCUT2D eigenvalue weighted by molar-refractivity contribution is 7.71. The summed E-state index contributed by atoms with van der Waals surface area (Å²) in [5.41, 5.74) is 2.56. The van der Waals surface area contributed by atoms with Gasteiger partial charge in [0.1, 0.15) is 0 Å². The molecule has 1 aliphatic heterocycles. The molecule has 6 nitrogen and oxygen atoms in total. The van der Waals surface area contributed by atoms with Crippen LogP contribution in [0, 0.1) is 4.77 Å². The summed E-state index contributed by atoms with van der Waals surface area (Å²) in [5, 5.41) is 9.71. The van der Waals surface area contributed by atoms with Crippen molar-refractivity contribution in [2.75, 3.05) is 19.7 Å². The van der Waals surface area contributed by atoms with Crippen molar-refractivity contribution in [3.8, 4) is 0 Å². The average molecular weight is 364 g/mol. The second-order valence-electron chi connectivity index (χ2n) is 6.52. The Hall–Kier alpha value is -1.70. The first-order valence-corrected chi connectivity index (χ1v) is 9.37. The number of likely N-dealkylation sites (tertiary alicyclic amines) is 1. The van der Waals surface area contributed by atoms with Crippen LogP contribution in [0.4, 0.5) is 0 Å². The van der Waals surface area contributed by atoms with E-state index in [-0.39, 0.29) is 12.1 Å². The molecule has 0 spiro atoms. The lowest BCUT2D eigenvalue weighted by atomic mass is 10.1. The van der Waals surface area contributed by atoms with E-state index in [1.165, 1.54) is 4.90 Å². The number of benzene rings is 1. The first kappa shape index (κ1) is 18.1. The predicted molar refractivity (Wildman–Crippen MR) is 98.3 cm³/mol. The summed E-state index contributed by atoms with van der Waals surface area (Å²) in [6, 6.07) is 5.63. The summed E-state index contributed by atoms with van der Waals surface area (Å²) in [4.78, 5) is 13.5. The van der Waals surface area contributed by atoms with Crippen LogP contribution in [0.5, 0.6) is 0 Å². The van der Waals surface area contributed by atoms with E-state index in [0.717, 1.165) is 54.9 Å². The summed E-state index contributed by atoms with van der Waals surface area (Å²) >= 11 is 5.69. The minimum Gasteiger partial charge on any atom is -0.462 e. The summed E-state index contributed by atoms with van der Waals surface area (Å²) in [5.74, 6) is -0.306. The van der Waals surface area contributed by atoms with Gasteiger partial charge in [0.2, 0.25) is 0 Å². The molecule has 1 aromatic carbocycles. The number of nitrogens with one attached hydrogen (secondary N) is 1. The van der Waals surface area contributed by atoms with E-state index in [0.29, 0.717) is 12.2 Å². The number of aliphatic hydroxyl groups is 1. The largest absolute Gasteiger partial charge is 0.462 e. The van der Waals surface area contributed by atoms with Gasteiger partial charge in [-0.1, -0.05) is 0 Å². The number of hydrogen-bond acceptors (Lipinski definition) is 4. The fourth-order valence-electron chi connectivity index (χ4n) is 3.51. The zero-order valence-corrected chi connectivity index (χ0v) is 15.6. The van der Waals surface area contributed by atoms with Gasteiger partial charge in [-0.2, -0.15) is 0 Å². The van der Waals surface area contributed by atoms with Gasteiger partial charge < -0.3 is 19.3 Å². The Morgan fingerprint density at radius 1 is 1.28 bits per heavy atom. The quantitative estimate of drug-likeness (QED) is 0.621. The Bertz CT molecular complexity index is 819. The molecule has 0 saturated carbocycles. The number of esters is 1. The van der Waals surface area contributed by atoms with E-state index < -0.39 is 0 Å². The van der Waals surface area contributed by atoms with Crippen molar-refractivity contribution in [2.45, 2.75) is 46.0 Å². The third kappa shape index (κ3) is 3.63. The van der Waals surface area contributed by atoms with Gasteiger partial charge in [0, 0.05) is 19.4 Å². The van der Waals surface area contributed by atoms with Crippen molar-refractivity contribution in [1.29, 1.82) is 0 Å². The fraction of sp³-hybridized carbons (Fsp3) is 0.556. The summed E-state index contributed by atoms with van der Waals surface area (Å²) in [6.45, 7) is 7.64. The monoisotopic (exact) mass is 364 g/mol. The van der Waals surface area contributed by atoms with Gasteiger partial charge >= 0.3 is 5.97 Å². The Balaban J connectivity index is 2.00. The zero-order valence-electron chi connectivity index (χ0n) is 14.8. The van der Waals surface area contributed by atoms with Crippen LogP contribution in [0.25, 0.3) is 11.0 Å². The van der Waals surface area contributed by atoms with Crippen LogP contribution < -0.4 is 4.90 Å². The van der Waals surface area contributed by atoms with Crippen molar-refractivity contribution < 1.29 is 19.5 Å². The maximum absolute atomic E-state index is 12.1. The maximum atomic E-state index is 12.1. The van der Waals surface area contributed by atoms with Crippen molar-refractivity contribution in [3.63, 3.8) is 0 Å². The second-order valence-corrected chi connectivity index (χ2v) is 6.88. The van der Waals surface area contributed by atoms with E-state index >= 15 is 0 Å². The van der Waals surface area contributed by atoms with E-state index in [1.54, 1.807) is 13.0 Å². The molecule has 0 atom stereocenters. The molecule has 2 N–H and O–H groups in total. The number of aromatic nitrogens is 2. The molecule has 0 unspecified atom stereocenters. The molecule has 1 saturated heterocycles. The molecule has 0 radical (unpaired) electrons. The van der Waals surface area contributed by atoms with Crippen LogP contribution in [0.1, 0.15) is 37.0 Å². The molecular weight excluding hydrogens is 338 g/mol. The number of carbonyl (C=O) groups is 1. The van der Waals surface area contributed by atoms with Gasteiger partial charge in [-0.05, 0) is 44.3 Å². The molecule has 1 fully saturated rings. The van der Waals surface area contributed by atoms with Gasteiger partial charge in [0.25, 0.3) is 0 Å². The van der Waals surface area contributed by atoms with Crippen molar-refractivity contribution >= 4 is 29.2 Å². The van der Waals surface area contributed by atoms with Crippen LogP contribution in [0.2, 0.25) is 0 Å². The highest BCUT2D eigenvalue weighted by Crippen LogP contribution is 2.20. The predicted octanol–water partition coefficient (Wildman–Crippen LogP) is 1.37. The number of nitrogens with zero attached hydrogens (tertiary/aromatic N) is 2.